The predicted molar refractivity (Wildman–Crippen MR) is 92.6 cm³/mol. The minimum atomic E-state index is -0.854. The first-order chi connectivity index (χ1) is 11.4. The fourth-order valence-corrected chi connectivity index (χ4v) is 2.23. The van der Waals surface area contributed by atoms with Gasteiger partial charge in [-0.3, -0.25) is 9.78 Å². The molecule has 1 aromatic carbocycles. The van der Waals surface area contributed by atoms with Crippen LogP contribution in [0.2, 0.25) is 0 Å². The van der Waals surface area contributed by atoms with E-state index in [4.69, 9.17) is 4.74 Å². The second-order valence-corrected chi connectivity index (χ2v) is 5.91. The summed E-state index contributed by atoms with van der Waals surface area (Å²) in [6.45, 7) is 7.00. The van der Waals surface area contributed by atoms with Crippen LogP contribution in [0.5, 0.6) is 0 Å². The molecule has 0 aliphatic rings. The predicted octanol–water partition coefficient (Wildman–Crippen LogP) is 3.13. The minimum Gasteiger partial charge on any atom is -0.449 e. The summed E-state index contributed by atoms with van der Waals surface area (Å²) < 4.78 is 5.23. The zero-order valence-electron chi connectivity index (χ0n) is 14.4. The molecule has 1 N–H and O–H groups in total. The molecule has 24 heavy (non-hydrogen) atoms. The van der Waals surface area contributed by atoms with Crippen molar-refractivity contribution < 1.29 is 14.3 Å². The second kappa shape index (κ2) is 7.73. The van der Waals surface area contributed by atoms with Crippen LogP contribution in [0.25, 0.3) is 11.3 Å². The third kappa shape index (κ3) is 4.41. The Kier molecular flexibility index (Phi) is 5.68. The third-order valence-corrected chi connectivity index (χ3v) is 3.46. The molecule has 1 aromatic heterocycles. The summed E-state index contributed by atoms with van der Waals surface area (Å²) in [5.74, 6) is -0.865. The van der Waals surface area contributed by atoms with Gasteiger partial charge in [0.1, 0.15) is 0 Å². The molecule has 0 saturated heterocycles. The van der Waals surface area contributed by atoms with Crippen molar-refractivity contribution in [3.05, 3.63) is 53.7 Å². The van der Waals surface area contributed by atoms with Gasteiger partial charge in [0.25, 0.3) is 5.91 Å². The molecular formula is C19H22N2O3. The average molecular weight is 326 g/mol. The first-order valence-electron chi connectivity index (χ1n) is 7.93. The number of pyridine rings is 1. The lowest BCUT2D eigenvalue weighted by atomic mass is 10.1. The Morgan fingerprint density at radius 1 is 1.04 bits per heavy atom. The highest BCUT2D eigenvalue weighted by Gasteiger charge is 2.21. The quantitative estimate of drug-likeness (QED) is 0.857. The van der Waals surface area contributed by atoms with Crippen molar-refractivity contribution in [3.63, 3.8) is 0 Å². The van der Waals surface area contributed by atoms with Gasteiger partial charge in [-0.1, -0.05) is 30.3 Å². The number of nitrogens with zero attached hydrogens (tertiary/aromatic N) is 1. The fourth-order valence-electron chi connectivity index (χ4n) is 2.23. The van der Waals surface area contributed by atoms with E-state index in [0.717, 1.165) is 11.3 Å². The van der Waals surface area contributed by atoms with Crippen molar-refractivity contribution in [1.82, 2.24) is 10.3 Å². The van der Waals surface area contributed by atoms with Gasteiger partial charge in [0.05, 0.1) is 17.0 Å². The van der Waals surface area contributed by atoms with E-state index < -0.39 is 12.1 Å². The van der Waals surface area contributed by atoms with E-state index in [1.807, 2.05) is 44.2 Å². The molecule has 1 atom stereocenters. The molecule has 1 heterocycles. The van der Waals surface area contributed by atoms with Crippen molar-refractivity contribution in [2.45, 2.75) is 39.8 Å². The second-order valence-electron chi connectivity index (χ2n) is 5.91. The summed E-state index contributed by atoms with van der Waals surface area (Å²) in [4.78, 5) is 28.6. The van der Waals surface area contributed by atoms with Gasteiger partial charge < -0.3 is 10.1 Å². The molecule has 0 spiro atoms. The van der Waals surface area contributed by atoms with Gasteiger partial charge in [0, 0.05) is 11.6 Å². The largest absolute Gasteiger partial charge is 0.449 e. The number of aromatic nitrogens is 1. The Morgan fingerprint density at radius 2 is 1.71 bits per heavy atom. The highest BCUT2D eigenvalue weighted by atomic mass is 16.5. The maximum atomic E-state index is 12.3. The summed E-state index contributed by atoms with van der Waals surface area (Å²) >= 11 is 0. The number of nitrogens with one attached hydrogen (secondary N) is 1. The normalized spacial score (nSPS) is 11.9. The van der Waals surface area contributed by atoms with Crippen LogP contribution in [0.15, 0.2) is 42.5 Å². The lowest BCUT2D eigenvalue weighted by molar-refractivity contribution is -0.129. The van der Waals surface area contributed by atoms with Crippen LogP contribution in [0.4, 0.5) is 0 Å². The molecule has 126 valence electrons. The Hall–Kier alpha value is -2.69. The molecule has 5 nitrogen and oxygen atoms in total. The number of aryl methyl sites for hydroxylation is 1. The van der Waals surface area contributed by atoms with E-state index >= 15 is 0 Å². The summed E-state index contributed by atoms with van der Waals surface area (Å²) in [5, 5.41) is 2.71. The molecular weight excluding hydrogens is 304 g/mol. The summed E-state index contributed by atoms with van der Waals surface area (Å²) in [6.07, 6.45) is -0.854. The number of ether oxygens (including phenoxy) is 1. The number of amides is 1. The van der Waals surface area contributed by atoms with Gasteiger partial charge in [-0.15, -0.1) is 0 Å². The Bertz CT molecular complexity index is 727. The zero-order chi connectivity index (χ0) is 17.7. The number of carbonyl (C=O) groups is 2. The van der Waals surface area contributed by atoms with E-state index in [1.54, 1.807) is 26.0 Å². The molecule has 0 bridgehead atoms. The molecule has 2 aromatic rings. The highest BCUT2D eigenvalue weighted by Crippen LogP contribution is 2.19. The van der Waals surface area contributed by atoms with Crippen LogP contribution in [0.1, 0.15) is 36.8 Å². The highest BCUT2D eigenvalue weighted by molar-refractivity contribution is 5.93. The van der Waals surface area contributed by atoms with Crippen molar-refractivity contribution in [2.75, 3.05) is 0 Å². The Labute approximate surface area is 142 Å². The first kappa shape index (κ1) is 17.7. The third-order valence-electron chi connectivity index (χ3n) is 3.46. The number of hydrogen-bond acceptors (Lipinski definition) is 4. The molecule has 5 heteroatoms. The van der Waals surface area contributed by atoms with Crippen LogP contribution in [-0.4, -0.2) is 29.0 Å². The molecule has 0 radical (unpaired) electrons. The lowest BCUT2D eigenvalue weighted by Gasteiger charge is -2.16. The van der Waals surface area contributed by atoms with Crippen molar-refractivity contribution in [3.8, 4) is 11.3 Å². The van der Waals surface area contributed by atoms with Gasteiger partial charge in [0.15, 0.2) is 6.10 Å². The standard InChI is InChI=1S/C19H22N2O3/c1-12(2)20-18(22)14(4)24-19(23)16-10-11-17(21-13(16)3)15-8-6-5-7-9-15/h5-12,14H,1-4H3,(H,20,22). The van der Waals surface area contributed by atoms with Gasteiger partial charge in [0.2, 0.25) is 0 Å². The number of benzene rings is 1. The maximum Gasteiger partial charge on any atom is 0.340 e. The van der Waals surface area contributed by atoms with E-state index in [1.165, 1.54) is 0 Å². The monoisotopic (exact) mass is 326 g/mol. The summed E-state index contributed by atoms with van der Waals surface area (Å²) in [6, 6.07) is 13.2. The number of rotatable bonds is 5. The van der Waals surface area contributed by atoms with Gasteiger partial charge >= 0.3 is 5.97 Å². The van der Waals surface area contributed by atoms with Crippen molar-refractivity contribution >= 4 is 11.9 Å². The van der Waals surface area contributed by atoms with Crippen LogP contribution in [-0.2, 0) is 9.53 Å². The maximum absolute atomic E-state index is 12.3. The Balaban J connectivity index is 2.12. The van der Waals surface area contributed by atoms with Crippen LogP contribution in [0, 0.1) is 6.92 Å². The smallest absolute Gasteiger partial charge is 0.340 e. The Morgan fingerprint density at radius 3 is 2.29 bits per heavy atom. The SMILES string of the molecule is Cc1nc(-c2ccccc2)ccc1C(=O)OC(C)C(=O)NC(C)C. The lowest BCUT2D eigenvalue weighted by Crippen LogP contribution is -2.39. The number of hydrogen-bond donors (Lipinski definition) is 1. The van der Waals surface area contributed by atoms with Gasteiger partial charge in [-0.25, -0.2) is 4.79 Å². The molecule has 2 rings (SSSR count). The summed E-state index contributed by atoms with van der Waals surface area (Å²) in [7, 11) is 0. The van der Waals surface area contributed by atoms with Crippen LogP contribution >= 0.6 is 0 Å². The van der Waals surface area contributed by atoms with E-state index in [-0.39, 0.29) is 11.9 Å². The molecule has 0 aliphatic heterocycles. The minimum absolute atomic E-state index is 0.00721. The average Bonchev–Trinajstić information content (AvgIpc) is 2.54. The molecule has 0 fully saturated rings. The van der Waals surface area contributed by atoms with Crippen LogP contribution in [0.3, 0.4) is 0 Å². The molecule has 0 aliphatic carbocycles. The van der Waals surface area contributed by atoms with Crippen molar-refractivity contribution in [1.29, 1.82) is 0 Å². The van der Waals surface area contributed by atoms with E-state index in [2.05, 4.69) is 10.3 Å². The topological polar surface area (TPSA) is 68.3 Å². The number of esters is 1. The molecule has 1 amide bonds. The van der Waals surface area contributed by atoms with Gasteiger partial charge in [-0.2, -0.15) is 0 Å². The number of carbonyl (C=O) groups excluding carboxylic acids is 2. The van der Waals surface area contributed by atoms with Gasteiger partial charge in [-0.05, 0) is 39.8 Å². The van der Waals surface area contributed by atoms with E-state index in [9.17, 15) is 9.59 Å². The van der Waals surface area contributed by atoms with Crippen LogP contribution < -0.4 is 5.32 Å². The first-order valence-corrected chi connectivity index (χ1v) is 7.93. The summed E-state index contributed by atoms with van der Waals surface area (Å²) in [5.41, 5.74) is 2.69. The fraction of sp³-hybridized carbons (Fsp3) is 0.316. The molecule has 0 saturated carbocycles. The van der Waals surface area contributed by atoms with E-state index in [0.29, 0.717) is 11.3 Å². The molecule has 1 unspecified atom stereocenters. The van der Waals surface area contributed by atoms with Crippen molar-refractivity contribution in [2.24, 2.45) is 0 Å². The zero-order valence-corrected chi connectivity index (χ0v) is 14.4.